The first-order valence-electron chi connectivity index (χ1n) is 8.12. The number of nitrogens with one attached hydrogen (secondary N) is 1. The fraction of sp³-hybridized carbons (Fsp3) is 0.588. The first kappa shape index (κ1) is 18.8. The van der Waals surface area contributed by atoms with Crippen LogP contribution in [-0.4, -0.2) is 57.2 Å². The zero-order valence-electron chi connectivity index (χ0n) is 15.3. The summed E-state index contributed by atoms with van der Waals surface area (Å²) < 4.78 is 15.2. The molecule has 138 valence electrons. The van der Waals surface area contributed by atoms with E-state index < -0.39 is 5.97 Å². The summed E-state index contributed by atoms with van der Waals surface area (Å²) in [6, 6.07) is 1.66. The zero-order valence-corrected chi connectivity index (χ0v) is 15.3. The quantitative estimate of drug-likeness (QED) is 0.495. The zero-order chi connectivity index (χ0) is 18.6. The number of ether oxygens (including phenoxy) is 2. The Bertz CT molecular complexity index is 667. The number of aryl methyl sites for hydroxylation is 1. The van der Waals surface area contributed by atoms with Crippen molar-refractivity contribution in [3.05, 3.63) is 23.2 Å². The van der Waals surface area contributed by atoms with Gasteiger partial charge in [0.15, 0.2) is 5.96 Å². The third-order valence-electron chi connectivity index (χ3n) is 4.42. The third kappa shape index (κ3) is 4.12. The summed E-state index contributed by atoms with van der Waals surface area (Å²) in [5.41, 5.74) is 0.412. The van der Waals surface area contributed by atoms with Crippen LogP contribution in [0.5, 0.6) is 0 Å². The lowest BCUT2D eigenvalue weighted by molar-refractivity contribution is -0.145. The van der Waals surface area contributed by atoms with Crippen LogP contribution in [0.1, 0.15) is 28.8 Å². The van der Waals surface area contributed by atoms with Crippen LogP contribution in [0.3, 0.4) is 0 Å². The highest BCUT2D eigenvalue weighted by Crippen LogP contribution is 2.24. The molecule has 2 rings (SSSR count). The molecule has 0 radical (unpaired) electrons. The molecule has 8 heteroatoms. The number of aliphatic imine (C=N–C) groups is 1. The molecular weight excluding hydrogens is 326 g/mol. The van der Waals surface area contributed by atoms with Crippen molar-refractivity contribution >= 4 is 17.9 Å². The number of nitrogens with zero attached hydrogens (tertiary/aromatic N) is 2. The summed E-state index contributed by atoms with van der Waals surface area (Å²) in [6.07, 6.45) is 0. The van der Waals surface area contributed by atoms with Gasteiger partial charge in [-0.05, 0) is 18.9 Å². The molecule has 0 bridgehead atoms. The second-order valence-corrected chi connectivity index (χ2v) is 6.09. The molecule has 25 heavy (non-hydrogen) atoms. The van der Waals surface area contributed by atoms with E-state index in [2.05, 4.69) is 10.3 Å². The van der Waals surface area contributed by atoms with Gasteiger partial charge in [-0.3, -0.25) is 9.79 Å². The highest BCUT2D eigenvalue weighted by Gasteiger charge is 2.36. The molecule has 1 saturated heterocycles. The van der Waals surface area contributed by atoms with Gasteiger partial charge in [-0.25, -0.2) is 4.79 Å². The van der Waals surface area contributed by atoms with Crippen molar-refractivity contribution in [2.24, 2.45) is 16.8 Å². The summed E-state index contributed by atoms with van der Waals surface area (Å²) in [5.74, 6) is 1.19. The molecule has 1 aliphatic heterocycles. The van der Waals surface area contributed by atoms with Crippen molar-refractivity contribution < 1.29 is 23.5 Å². The van der Waals surface area contributed by atoms with E-state index >= 15 is 0 Å². The van der Waals surface area contributed by atoms with E-state index in [1.807, 2.05) is 11.8 Å². The lowest BCUT2D eigenvalue weighted by Crippen LogP contribution is -2.40. The van der Waals surface area contributed by atoms with Gasteiger partial charge in [-0.15, -0.1) is 0 Å². The largest absolute Gasteiger partial charge is 0.469 e. The molecule has 1 fully saturated rings. The summed E-state index contributed by atoms with van der Waals surface area (Å²) in [4.78, 5) is 29.7. The number of furan rings is 1. The number of hydrogen-bond donors (Lipinski definition) is 1. The molecule has 1 aromatic rings. The van der Waals surface area contributed by atoms with Crippen molar-refractivity contribution in [1.82, 2.24) is 10.2 Å². The van der Waals surface area contributed by atoms with E-state index in [0.717, 1.165) is 0 Å². The molecule has 1 aromatic heterocycles. The number of likely N-dealkylation sites (tertiary alicyclic amines) is 1. The van der Waals surface area contributed by atoms with E-state index in [-0.39, 0.29) is 17.8 Å². The predicted molar refractivity (Wildman–Crippen MR) is 91.2 cm³/mol. The van der Waals surface area contributed by atoms with Gasteiger partial charge in [-0.1, -0.05) is 6.92 Å². The van der Waals surface area contributed by atoms with E-state index in [9.17, 15) is 9.59 Å². The summed E-state index contributed by atoms with van der Waals surface area (Å²) in [6.45, 7) is 5.38. The van der Waals surface area contributed by atoms with Crippen LogP contribution in [0.2, 0.25) is 0 Å². The second kappa shape index (κ2) is 8.04. The molecule has 0 saturated carbocycles. The van der Waals surface area contributed by atoms with Crippen LogP contribution in [-0.2, 0) is 20.8 Å². The minimum atomic E-state index is -0.425. The molecule has 2 heterocycles. The second-order valence-electron chi connectivity index (χ2n) is 6.09. The summed E-state index contributed by atoms with van der Waals surface area (Å²) in [5, 5.41) is 3.20. The number of hydrogen-bond acceptors (Lipinski definition) is 6. The minimum absolute atomic E-state index is 0.166. The van der Waals surface area contributed by atoms with Gasteiger partial charge >= 0.3 is 11.9 Å². The van der Waals surface area contributed by atoms with Gasteiger partial charge in [0.2, 0.25) is 0 Å². The van der Waals surface area contributed by atoms with Crippen LogP contribution in [0.15, 0.2) is 15.5 Å². The summed E-state index contributed by atoms with van der Waals surface area (Å²) in [7, 11) is 4.43. The SMILES string of the molecule is CN=C(NCc1cc(C(=O)OC)c(C)o1)N1CC(C)C(C(=O)OC)C1. The first-order valence-corrected chi connectivity index (χ1v) is 8.12. The Morgan fingerprint density at radius 1 is 1.36 bits per heavy atom. The molecule has 0 aliphatic carbocycles. The first-order chi connectivity index (χ1) is 11.9. The maximum atomic E-state index is 11.8. The van der Waals surface area contributed by atoms with Crippen molar-refractivity contribution in [2.45, 2.75) is 20.4 Å². The van der Waals surface area contributed by atoms with Crippen LogP contribution in [0, 0.1) is 18.8 Å². The van der Waals surface area contributed by atoms with Gasteiger partial charge in [0, 0.05) is 20.1 Å². The highest BCUT2D eigenvalue weighted by molar-refractivity contribution is 5.90. The van der Waals surface area contributed by atoms with E-state index in [4.69, 9.17) is 13.9 Å². The van der Waals surface area contributed by atoms with Crippen molar-refractivity contribution in [3.63, 3.8) is 0 Å². The lowest BCUT2D eigenvalue weighted by atomic mass is 9.99. The molecule has 2 atom stereocenters. The highest BCUT2D eigenvalue weighted by atomic mass is 16.5. The van der Waals surface area contributed by atoms with Gasteiger partial charge in [0.1, 0.15) is 17.1 Å². The van der Waals surface area contributed by atoms with Gasteiger partial charge < -0.3 is 24.1 Å². The number of carbonyl (C=O) groups excluding carboxylic acids is 2. The van der Waals surface area contributed by atoms with Gasteiger partial charge in [-0.2, -0.15) is 0 Å². The van der Waals surface area contributed by atoms with Crippen LogP contribution in [0.4, 0.5) is 0 Å². The van der Waals surface area contributed by atoms with E-state index in [1.54, 1.807) is 20.0 Å². The van der Waals surface area contributed by atoms with Crippen LogP contribution in [0.25, 0.3) is 0 Å². The Morgan fingerprint density at radius 3 is 2.68 bits per heavy atom. The maximum Gasteiger partial charge on any atom is 0.341 e. The average Bonchev–Trinajstić information content (AvgIpc) is 3.17. The van der Waals surface area contributed by atoms with Gasteiger partial charge in [0.25, 0.3) is 0 Å². The fourth-order valence-electron chi connectivity index (χ4n) is 3.04. The molecule has 2 unspecified atom stereocenters. The van der Waals surface area contributed by atoms with E-state index in [1.165, 1.54) is 14.2 Å². The average molecular weight is 351 g/mol. The minimum Gasteiger partial charge on any atom is -0.469 e. The molecule has 0 spiro atoms. The predicted octanol–water partition coefficient (Wildman–Crippen LogP) is 1.19. The third-order valence-corrected chi connectivity index (χ3v) is 4.42. The standard InChI is InChI=1S/C17H25N3O5/c1-10-8-20(9-14(10)16(22)24-5)17(18-3)19-7-12-6-13(11(2)25-12)15(21)23-4/h6,10,14H,7-9H2,1-5H3,(H,18,19). The normalized spacial score (nSPS) is 20.5. The van der Waals surface area contributed by atoms with Crippen molar-refractivity contribution in [1.29, 1.82) is 0 Å². The molecule has 0 amide bonds. The number of guanidine groups is 1. The Balaban J connectivity index is 2.00. The number of methoxy groups -OCH3 is 2. The summed E-state index contributed by atoms with van der Waals surface area (Å²) >= 11 is 0. The Hall–Kier alpha value is -2.51. The van der Waals surface area contributed by atoms with E-state index in [0.29, 0.717) is 42.7 Å². The van der Waals surface area contributed by atoms with Crippen LogP contribution < -0.4 is 5.32 Å². The van der Waals surface area contributed by atoms with Crippen molar-refractivity contribution in [3.8, 4) is 0 Å². The topological polar surface area (TPSA) is 93.4 Å². The number of esters is 2. The van der Waals surface area contributed by atoms with Crippen LogP contribution >= 0.6 is 0 Å². The molecular formula is C17H25N3O5. The Kier molecular flexibility index (Phi) is 6.06. The maximum absolute atomic E-state index is 11.8. The Morgan fingerprint density at radius 2 is 2.08 bits per heavy atom. The smallest absolute Gasteiger partial charge is 0.341 e. The lowest BCUT2D eigenvalue weighted by Gasteiger charge is -2.21. The molecule has 1 N–H and O–H groups in total. The van der Waals surface area contributed by atoms with Gasteiger partial charge in [0.05, 0.1) is 26.7 Å². The van der Waals surface area contributed by atoms with Crippen molar-refractivity contribution in [2.75, 3.05) is 34.4 Å². The molecule has 0 aromatic carbocycles. The number of carbonyl (C=O) groups is 2. The Labute approximate surface area is 147 Å². The molecule has 1 aliphatic rings. The molecule has 8 nitrogen and oxygen atoms in total. The monoisotopic (exact) mass is 351 g/mol. The fourth-order valence-corrected chi connectivity index (χ4v) is 3.04. The number of rotatable bonds is 4.